The number of phosphoric acid groups is 2. The zero-order valence-electron chi connectivity index (χ0n) is 47.8. The molecule has 10 atom stereocenters. The Balaban J connectivity index is 1.79. The molecule has 22 heteroatoms. The predicted octanol–water partition coefficient (Wildman–Crippen LogP) is 11.3. The number of aliphatic hydroxyl groups excluding tert-OH is 4. The van der Waals surface area contributed by atoms with Crippen molar-refractivity contribution >= 4 is 33.4 Å². The topological polar surface area (TPSA) is 306 Å². The van der Waals surface area contributed by atoms with Gasteiger partial charge in [0.2, 0.25) is 0 Å². The second-order valence-corrected chi connectivity index (χ2v) is 24.1. The van der Waals surface area contributed by atoms with E-state index in [-0.39, 0.29) is 37.9 Å². The molecule has 1 aliphatic heterocycles. The van der Waals surface area contributed by atoms with Gasteiger partial charge in [0.05, 0.1) is 25.4 Å². The highest BCUT2D eigenvalue weighted by molar-refractivity contribution is 7.61. The minimum absolute atomic E-state index is 0.00707. The first-order valence-electron chi connectivity index (χ1n) is 29.6. The molecular formula is C57H101N3O17P2. The number of nitrogen functional groups attached to an aromatic ring is 1. The smallest absolute Gasteiger partial charge is 0.462 e. The number of nitrogens with two attached hydrogens (primary N) is 1. The molecule has 0 saturated carbocycles. The Morgan fingerprint density at radius 2 is 1.24 bits per heavy atom. The van der Waals surface area contributed by atoms with Crippen molar-refractivity contribution < 1.29 is 76.5 Å². The van der Waals surface area contributed by atoms with E-state index in [1.54, 1.807) is 6.08 Å². The van der Waals surface area contributed by atoms with Crippen molar-refractivity contribution in [1.29, 1.82) is 0 Å². The summed E-state index contributed by atoms with van der Waals surface area (Å²) in [5, 5.41) is 41.9. The molecule has 0 bridgehead atoms. The quantitative estimate of drug-likeness (QED) is 0.0138. The number of carbonyl (C=O) groups excluding carboxylic acids is 2. The molecule has 1 saturated heterocycles. The molecule has 8 N–H and O–H groups in total. The van der Waals surface area contributed by atoms with Crippen LogP contribution in [0.3, 0.4) is 0 Å². The Bertz CT molecular complexity index is 2020. The number of esters is 2. The molecule has 1 fully saturated rings. The lowest BCUT2D eigenvalue weighted by atomic mass is 9.99. The summed E-state index contributed by atoms with van der Waals surface area (Å²) in [7, 11) is -11.0. The Hall–Kier alpha value is -3.10. The average Bonchev–Trinajstić information content (AvgIpc) is 3.71. The summed E-state index contributed by atoms with van der Waals surface area (Å²) in [4.78, 5) is 62.2. The van der Waals surface area contributed by atoms with Gasteiger partial charge in [0.15, 0.2) is 12.3 Å². The maximum absolute atomic E-state index is 13.0. The normalized spacial score (nSPS) is 19.9. The molecule has 20 nitrogen and oxygen atoms in total. The van der Waals surface area contributed by atoms with Crippen LogP contribution in [-0.2, 0) is 46.3 Å². The van der Waals surface area contributed by atoms with E-state index >= 15 is 0 Å². The molecular weight excluding hydrogens is 1060 g/mol. The first-order chi connectivity index (χ1) is 37.9. The number of hydrogen-bond acceptors (Lipinski definition) is 17. The molecule has 5 unspecified atom stereocenters. The van der Waals surface area contributed by atoms with E-state index in [2.05, 4.69) is 48.3 Å². The minimum Gasteiger partial charge on any atom is -0.462 e. The van der Waals surface area contributed by atoms with Gasteiger partial charge >= 0.3 is 33.3 Å². The molecule has 2 rings (SSSR count). The van der Waals surface area contributed by atoms with E-state index < -0.39 is 95.9 Å². The van der Waals surface area contributed by atoms with Gasteiger partial charge in [0.1, 0.15) is 30.7 Å². The van der Waals surface area contributed by atoms with Crippen molar-refractivity contribution in [2.24, 2.45) is 5.92 Å². The number of phosphoric ester groups is 2. The van der Waals surface area contributed by atoms with Gasteiger partial charge in [0, 0.05) is 19.0 Å². The Labute approximate surface area is 471 Å². The summed E-state index contributed by atoms with van der Waals surface area (Å²) >= 11 is 0. The first kappa shape index (κ1) is 72.0. The van der Waals surface area contributed by atoms with Crippen LogP contribution in [0.5, 0.6) is 0 Å². The predicted molar refractivity (Wildman–Crippen MR) is 305 cm³/mol. The molecule has 2 heterocycles. The van der Waals surface area contributed by atoms with Crippen LogP contribution >= 0.6 is 15.6 Å². The summed E-state index contributed by atoms with van der Waals surface area (Å²) in [6.45, 7) is 4.26. The van der Waals surface area contributed by atoms with Crippen LogP contribution in [0.2, 0.25) is 0 Å². The van der Waals surface area contributed by atoms with Gasteiger partial charge in [-0.05, 0) is 63.4 Å². The number of carbonyl (C=O) groups is 2. The summed E-state index contributed by atoms with van der Waals surface area (Å²) < 4.78 is 56.8. The van der Waals surface area contributed by atoms with Crippen LogP contribution in [-0.4, -0.2) is 108 Å². The van der Waals surface area contributed by atoms with Crippen LogP contribution in [0.4, 0.5) is 5.82 Å². The Kier molecular flexibility index (Phi) is 39.7. The minimum atomic E-state index is -5.49. The van der Waals surface area contributed by atoms with Gasteiger partial charge in [-0.1, -0.05) is 192 Å². The molecule has 0 amide bonds. The highest BCUT2D eigenvalue weighted by Gasteiger charge is 2.46. The van der Waals surface area contributed by atoms with E-state index in [1.807, 2.05) is 12.2 Å². The van der Waals surface area contributed by atoms with Gasteiger partial charge < -0.3 is 50.2 Å². The maximum atomic E-state index is 13.0. The van der Waals surface area contributed by atoms with Crippen LogP contribution in [0, 0.1) is 5.92 Å². The highest BCUT2D eigenvalue weighted by Crippen LogP contribution is 2.60. The van der Waals surface area contributed by atoms with Crippen molar-refractivity contribution in [2.45, 2.75) is 263 Å². The fourth-order valence-corrected chi connectivity index (χ4v) is 11.0. The number of unbranched alkanes of at least 4 members (excludes halogenated alkanes) is 20. The lowest BCUT2D eigenvalue weighted by molar-refractivity contribution is -0.161. The number of ether oxygens (including phenoxy) is 3. The lowest BCUT2D eigenvalue weighted by Gasteiger charge is -2.21. The first-order valence-corrected chi connectivity index (χ1v) is 32.6. The number of nitrogens with zero attached hydrogens (tertiary/aromatic N) is 2. The number of hydrogen-bond donors (Lipinski definition) is 7. The van der Waals surface area contributed by atoms with E-state index in [0.29, 0.717) is 12.8 Å². The van der Waals surface area contributed by atoms with Crippen LogP contribution in [0.1, 0.15) is 226 Å². The van der Waals surface area contributed by atoms with Gasteiger partial charge in [0.25, 0.3) is 0 Å². The third-order valence-corrected chi connectivity index (χ3v) is 16.6. The zero-order chi connectivity index (χ0) is 58.2. The molecule has 1 aromatic rings. The average molecular weight is 1160 g/mol. The van der Waals surface area contributed by atoms with Gasteiger partial charge in [-0.15, -0.1) is 0 Å². The Morgan fingerprint density at radius 1 is 0.696 bits per heavy atom. The SMILES string of the molecule is CCCCC/C=C\C/C=C\C/C=C\CC(O)C(O)CCCC(=O)OC[C@H](COP(=O)(O)OP(=O)(O)OC[C@H]1O[C@@H](n2ccc(N)nc2=O)[C@H](O)[C@@H]1O)OC(=O)CCCCCCCCCCCCCCCCCCCCC(C)CC. The molecule has 0 aromatic carbocycles. The number of allylic oxidation sites excluding steroid dienone is 5. The van der Waals surface area contributed by atoms with Crippen LogP contribution in [0.25, 0.3) is 0 Å². The van der Waals surface area contributed by atoms with E-state index in [0.717, 1.165) is 55.2 Å². The number of anilines is 1. The van der Waals surface area contributed by atoms with Crippen LogP contribution in [0.15, 0.2) is 53.5 Å². The van der Waals surface area contributed by atoms with E-state index in [1.165, 1.54) is 122 Å². The van der Waals surface area contributed by atoms with Gasteiger partial charge in [-0.3, -0.25) is 23.2 Å². The van der Waals surface area contributed by atoms with E-state index in [4.69, 9.17) is 29.0 Å². The summed E-state index contributed by atoms with van der Waals surface area (Å²) in [6.07, 6.45) is 33.6. The van der Waals surface area contributed by atoms with Crippen molar-refractivity contribution in [3.63, 3.8) is 0 Å². The zero-order valence-corrected chi connectivity index (χ0v) is 49.6. The van der Waals surface area contributed by atoms with Gasteiger partial charge in [-0.25, -0.2) is 13.9 Å². The molecule has 1 aromatic heterocycles. The van der Waals surface area contributed by atoms with Crippen molar-refractivity contribution in [2.75, 3.05) is 25.6 Å². The monoisotopic (exact) mass is 1160 g/mol. The number of aromatic nitrogens is 2. The fraction of sp³-hybridized carbons (Fsp3) is 0.789. The molecule has 0 spiro atoms. The van der Waals surface area contributed by atoms with Crippen LogP contribution < -0.4 is 11.4 Å². The number of rotatable bonds is 49. The Morgan fingerprint density at radius 3 is 1.82 bits per heavy atom. The second kappa shape index (κ2) is 43.6. The largest absolute Gasteiger partial charge is 0.481 e. The van der Waals surface area contributed by atoms with Crippen molar-refractivity contribution in [1.82, 2.24) is 9.55 Å². The third kappa shape index (κ3) is 35.5. The highest BCUT2D eigenvalue weighted by atomic mass is 31.3. The second-order valence-electron chi connectivity index (χ2n) is 21.1. The number of aliphatic hydroxyl groups is 4. The maximum Gasteiger partial charge on any atom is 0.481 e. The molecule has 1 aliphatic rings. The summed E-state index contributed by atoms with van der Waals surface area (Å²) in [5.74, 6) is -0.723. The summed E-state index contributed by atoms with van der Waals surface area (Å²) in [5.41, 5.74) is 4.58. The third-order valence-electron chi connectivity index (χ3n) is 14.0. The summed E-state index contributed by atoms with van der Waals surface area (Å²) in [6, 6.07) is 1.24. The van der Waals surface area contributed by atoms with Crippen molar-refractivity contribution in [3.8, 4) is 0 Å². The fourth-order valence-electron chi connectivity index (χ4n) is 8.87. The van der Waals surface area contributed by atoms with Gasteiger partial charge in [-0.2, -0.15) is 9.29 Å². The molecule has 79 heavy (non-hydrogen) atoms. The standard InChI is InChI=1S/C57H101N3O17P2/c1-4-6-7-8-9-10-11-21-24-27-30-33-37-48(61)49(62)38-35-40-52(63)72-43-47(75-53(64)39-34-31-28-25-22-19-17-15-13-12-14-16-18-20-23-26-29-32-36-46(3)5-2)44-73-78(68,69)77-79(70,71)74-45-50-54(65)55(66)56(76-50)60-42-41-51(58)59-57(60)67/h9-10,21,24,30,33,41-42,46-50,54-56,61-62,65-66H,4-8,11-20,22-23,25-29,31-32,34-40,43-45H2,1-3H3,(H,68,69)(H,70,71)(H2,58,59,67)/b10-9-,24-21-,33-30-/t46?,47-,48?,49?,50-,54-,55-,56-/m1/s1. The van der Waals surface area contributed by atoms with E-state index in [9.17, 15) is 53.7 Å². The molecule has 0 radical (unpaired) electrons. The lowest BCUT2D eigenvalue weighted by Crippen LogP contribution is -2.36. The van der Waals surface area contributed by atoms with Crippen molar-refractivity contribution in [3.05, 3.63) is 59.2 Å². The molecule has 0 aliphatic carbocycles. The molecule has 456 valence electrons.